The number of benzene rings is 1. The minimum absolute atomic E-state index is 0.108. The van der Waals surface area contributed by atoms with Crippen LogP contribution in [-0.2, 0) is 5.41 Å². The molecule has 3 nitrogen and oxygen atoms in total. The lowest BCUT2D eigenvalue weighted by atomic mass is 9.96. The smallest absolute Gasteiger partial charge is 0.137 e. The molecule has 0 saturated heterocycles. The fourth-order valence-corrected chi connectivity index (χ4v) is 2.24. The van der Waals surface area contributed by atoms with Crippen LogP contribution in [0.25, 0.3) is 0 Å². The van der Waals surface area contributed by atoms with Crippen molar-refractivity contribution in [1.82, 2.24) is 9.97 Å². The van der Waals surface area contributed by atoms with Gasteiger partial charge in [-0.25, -0.2) is 9.97 Å². The van der Waals surface area contributed by atoms with Gasteiger partial charge in [0.2, 0.25) is 0 Å². The second-order valence-corrected chi connectivity index (χ2v) is 6.98. The van der Waals surface area contributed by atoms with E-state index in [9.17, 15) is 0 Å². The summed E-state index contributed by atoms with van der Waals surface area (Å²) >= 11 is 9.47. The molecule has 0 fully saturated rings. The number of aryl methyl sites for hydroxylation is 1. The van der Waals surface area contributed by atoms with Crippen molar-refractivity contribution >= 4 is 39.0 Å². The molecule has 0 aliphatic carbocycles. The van der Waals surface area contributed by atoms with E-state index in [2.05, 4.69) is 52.0 Å². The highest BCUT2D eigenvalue weighted by Crippen LogP contribution is 2.27. The summed E-state index contributed by atoms with van der Waals surface area (Å²) in [5.74, 6) is 1.54. The number of anilines is 2. The largest absolute Gasteiger partial charge is 0.340 e. The molecule has 0 amide bonds. The number of nitrogens with one attached hydrogen (secondary N) is 1. The molecule has 0 radical (unpaired) electrons. The summed E-state index contributed by atoms with van der Waals surface area (Å²) in [7, 11) is 0. The highest BCUT2D eigenvalue weighted by atomic mass is 79.9. The number of hydrogen-bond donors (Lipinski definition) is 1. The summed E-state index contributed by atoms with van der Waals surface area (Å²) in [4.78, 5) is 9.00. The number of rotatable bonds is 2. The maximum atomic E-state index is 6.04. The average molecular weight is 355 g/mol. The van der Waals surface area contributed by atoms with Crippen LogP contribution in [0.15, 0.2) is 28.9 Å². The van der Waals surface area contributed by atoms with Gasteiger partial charge in [-0.2, -0.15) is 0 Å². The first-order valence-corrected chi connectivity index (χ1v) is 7.51. The molecule has 0 atom stereocenters. The highest BCUT2D eigenvalue weighted by Gasteiger charge is 2.18. The van der Waals surface area contributed by atoms with Crippen molar-refractivity contribution in [1.29, 1.82) is 0 Å². The molecule has 0 bridgehead atoms. The van der Waals surface area contributed by atoms with Crippen molar-refractivity contribution in [2.45, 2.75) is 33.1 Å². The van der Waals surface area contributed by atoms with E-state index >= 15 is 0 Å². The van der Waals surface area contributed by atoms with Crippen molar-refractivity contribution in [3.05, 3.63) is 45.3 Å². The van der Waals surface area contributed by atoms with Crippen LogP contribution in [0.1, 0.15) is 32.2 Å². The SMILES string of the molecule is Cc1ccc(Cl)cc1Nc1cc(Br)nc(C(C)(C)C)n1. The van der Waals surface area contributed by atoms with Crippen LogP contribution in [0.4, 0.5) is 11.5 Å². The summed E-state index contributed by atoms with van der Waals surface area (Å²) in [5, 5.41) is 4.00. The summed E-state index contributed by atoms with van der Waals surface area (Å²) in [5.41, 5.74) is 1.95. The molecular weight excluding hydrogens is 338 g/mol. The Morgan fingerprint density at radius 3 is 2.50 bits per heavy atom. The van der Waals surface area contributed by atoms with Gasteiger partial charge in [0.25, 0.3) is 0 Å². The van der Waals surface area contributed by atoms with Crippen molar-refractivity contribution in [3.63, 3.8) is 0 Å². The normalized spacial score (nSPS) is 11.5. The fourth-order valence-electron chi connectivity index (χ4n) is 1.68. The third-order valence-electron chi connectivity index (χ3n) is 2.83. The lowest BCUT2D eigenvalue weighted by Gasteiger charge is -2.18. The second-order valence-electron chi connectivity index (χ2n) is 5.73. The standard InChI is InChI=1S/C15H17BrClN3/c1-9-5-6-10(17)7-11(9)18-13-8-12(16)19-14(20-13)15(2,3)4/h5-8H,1-4H3,(H,18,19,20). The van der Waals surface area contributed by atoms with Crippen LogP contribution in [0.3, 0.4) is 0 Å². The Balaban J connectivity index is 2.39. The molecule has 1 aromatic carbocycles. The van der Waals surface area contributed by atoms with Crippen LogP contribution < -0.4 is 5.32 Å². The lowest BCUT2D eigenvalue weighted by molar-refractivity contribution is 0.544. The average Bonchev–Trinajstić information content (AvgIpc) is 2.32. The molecule has 1 heterocycles. The van der Waals surface area contributed by atoms with Gasteiger partial charge in [0.15, 0.2) is 0 Å². The Bertz CT molecular complexity index is 636. The molecule has 1 N–H and O–H groups in total. The Hall–Kier alpha value is -1.13. The zero-order valence-corrected chi connectivity index (χ0v) is 14.3. The van der Waals surface area contributed by atoms with Gasteiger partial charge in [0.05, 0.1) is 0 Å². The van der Waals surface area contributed by atoms with E-state index in [-0.39, 0.29) is 5.41 Å². The molecule has 106 valence electrons. The third kappa shape index (κ3) is 3.70. The van der Waals surface area contributed by atoms with Crippen LogP contribution in [0.5, 0.6) is 0 Å². The number of halogens is 2. The summed E-state index contributed by atoms with van der Waals surface area (Å²) < 4.78 is 0.764. The summed E-state index contributed by atoms with van der Waals surface area (Å²) in [6, 6.07) is 7.60. The van der Waals surface area contributed by atoms with Crippen LogP contribution in [0, 0.1) is 6.92 Å². The van der Waals surface area contributed by atoms with E-state index in [1.807, 2.05) is 31.2 Å². The topological polar surface area (TPSA) is 37.8 Å². The molecule has 1 aromatic heterocycles. The molecule has 0 saturated carbocycles. The minimum atomic E-state index is -0.108. The predicted octanol–water partition coefficient (Wildman–Crippen LogP) is 5.24. The van der Waals surface area contributed by atoms with Gasteiger partial charge in [0, 0.05) is 22.2 Å². The van der Waals surface area contributed by atoms with Gasteiger partial charge in [-0.15, -0.1) is 0 Å². The molecule has 0 unspecified atom stereocenters. The molecular formula is C15H17BrClN3. The molecule has 0 spiro atoms. The molecule has 0 aliphatic heterocycles. The molecule has 2 rings (SSSR count). The van der Waals surface area contributed by atoms with E-state index in [0.717, 1.165) is 27.5 Å². The van der Waals surface area contributed by atoms with Crippen molar-refractivity contribution in [2.24, 2.45) is 0 Å². The van der Waals surface area contributed by atoms with Crippen LogP contribution in [0.2, 0.25) is 5.02 Å². The molecule has 5 heteroatoms. The second kappa shape index (κ2) is 5.70. The number of hydrogen-bond acceptors (Lipinski definition) is 3. The van der Waals surface area contributed by atoms with E-state index in [1.165, 1.54) is 0 Å². The summed E-state index contributed by atoms with van der Waals surface area (Å²) in [6.07, 6.45) is 0. The van der Waals surface area contributed by atoms with Gasteiger partial charge in [-0.1, -0.05) is 38.4 Å². The third-order valence-corrected chi connectivity index (χ3v) is 3.47. The highest BCUT2D eigenvalue weighted by molar-refractivity contribution is 9.10. The van der Waals surface area contributed by atoms with E-state index in [0.29, 0.717) is 5.02 Å². The number of aromatic nitrogens is 2. The van der Waals surface area contributed by atoms with Gasteiger partial charge in [-0.05, 0) is 40.5 Å². The Morgan fingerprint density at radius 1 is 1.15 bits per heavy atom. The zero-order chi connectivity index (χ0) is 14.9. The molecule has 0 aliphatic rings. The van der Waals surface area contributed by atoms with Crippen molar-refractivity contribution in [3.8, 4) is 0 Å². The van der Waals surface area contributed by atoms with Crippen molar-refractivity contribution in [2.75, 3.05) is 5.32 Å². The van der Waals surface area contributed by atoms with E-state index < -0.39 is 0 Å². The minimum Gasteiger partial charge on any atom is -0.340 e. The van der Waals surface area contributed by atoms with E-state index in [1.54, 1.807) is 0 Å². The van der Waals surface area contributed by atoms with Gasteiger partial charge >= 0.3 is 0 Å². The Morgan fingerprint density at radius 2 is 1.85 bits per heavy atom. The molecule has 20 heavy (non-hydrogen) atoms. The number of nitrogens with zero attached hydrogens (tertiary/aromatic N) is 2. The van der Waals surface area contributed by atoms with Gasteiger partial charge in [-0.3, -0.25) is 0 Å². The van der Waals surface area contributed by atoms with Gasteiger partial charge in [0.1, 0.15) is 16.2 Å². The van der Waals surface area contributed by atoms with Crippen molar-refractivity contribution < 1.29 is 0 Å². The Labute approximate surface area is 132 Å². The van der Waals surface area contributed by atoms with Gasteiger partial charge < -0.3 is 5.32 Å². The maximum Gasteiger partial charge on any atom is 0.137 e. The first-order chi connectivity index (χ1) is 9.25. The van der Waals surface area contributed by atoms with Crippen LogP contribution in [-0.4, -0.2) is 9.97 Å². The lowest BCUT2D eigenvalue weighted by Crippen LogP contribution is -2.17. The zero-order valence-electron chi connectivity index (χ0n) is 12.0. The monoisotopic (exact) mass is 353 g/mol. The first-order valence-electron chi connectivity index (χ1n) is 6.34. The maximum absolute atomic E-state index is 6.04. The summed E-state index contributed by atoms with van der Waals surface area (Å²) in [6.45, 7) is 8.29. The quantitative estimate of drug-likeness (QED) is 0.749. The Kier molecular flexibility index (Phi) is 4.35. The fraction of sp³-hybridized carbons (Fsp3) is 0.333. The molecule has 2 aromatic rings. The van der Waals surface area contributed by atoms with E-state index in [4.69, 9.17) is 11.6 Å². The first kappa shape index (κ1) is 15.3. The predicted molar refractivity (Wildman–Crippen MR) is 87.9 cm³/mol. The van der Waals surface area contributed by atoms with Crippen LogP contribution >= 0.6 is 27.5 Å².